The second-order valence-corrected chi connectivity index (χ2v) is 8.00. The van der Waals surface area contributed by atoms with Crippen molar-refractivity contribution in [2.75, 3.05) is 52.8 Å². The van der Waals surface area contributed by atoms with E-state index in [1.165, 1.54) is 12.1 Å². The summed E-state index contributed by atoms with van der Waals surface area (Å²) in [6.07, 6.45) is 0.451. The van der Waals surface area contributed by atoms with Crippen LogP contribution in [0.15, 0.2) is 30.3 Å². The smallest absolute Gasteiger partial charge is 0.223 e. The largest absolute Gasteiger partial charge is 0.383 e. The van der Waals surface area contributed by atoms with Gasteiger partial charge in [-0.15, -0.1) is 0 Å². The van der Waals surface area contributed by atoms with Crippen molar-refractivity contribution in [3.05, 3.63) is 53.2 Å². The van der Waals surface area contributed by atoms with Gasteiger partial charge >= 0.3 is 0 Å². The summed E-state index contributed by atoms with van der Waals surface area (Å²) in [6, 6.07) is 8.57. The number of carbonyl (C=O) groups excluding carboxylic acids is 1. The molecule has 1 aromatic carbocycles. The van der Waals surface area contributed by atoms with Crippen molar-refractivity contribution >= 4 is 11.7 Å². The highest BCUT2D eigenvalue weighted by Crippen LogP contribution is 2.28. The molecule has 8 heteroatoms. The minimum absolute atomic E-state index is 0.0448. The van der Waals surface area contributed by atoms with E-state index in [9.17, 15) is 9.18 Å². The number of nitrogens with zero attached hydrogens (tertiary/aromatic N) is 5. The molecule has 1 aliphatic heterocycles. The first kappa shape index (κ1) is 22.1. The summed E-state index contributed by atoms with van der Waals surface area (Å²) in [4.78, 5) is 27.6. The van der Waals surface area contributed by atoms with E-state index in [1.807, 2.05) is 43.1 Å². The van der Waals surface area contributed by atoms with Crippen LogP contribution in [0.25, 0.3) is 0 Å². The van der Waals surface area contributed by atoms with Crippen LogP contribution in [0.1, 0.15) is 29.4 Å². The molecule has 2 heterocycles. The maximum Gasteiger partial charge on any atom is 0.223 e. The second kappa shape index (κ2) is 9.95. The van der Waals surface area contributed by atoms with Crippen LogP contribution in [0.5, 0.6) is 0 Å². The van der Waals surface area contributed by atoms with Crippen LogP contribution in [0.2, 0.25) is 0 Å². The van der Waals surface area contributed by atoms with Gasteiger partial charge in [-0.2, -0.15) is 0 Å². The molecule has 7 nitrogen and oxygen atoms in total. The van der Waals surface area contributed by atoms with Crippen LogP contribution < -0.4 is 4.90 Å². The summed E-state index contributed by atoms with van der Waals surface area (Å²) in [7, 11) is 7.48. The molecule has 1 amide bonds. The highest BCUT2D eigenvalue weighted by atomic mass is 19.1. The molecule has 1 aliphatic rings. The number of hydrogen-bond donors (Lipinski definition) is 0. The first-order valence-corrected chi connectivity index (χ1v) is 10.1. The molecule has 1 fully saturated rings. The Morgan fingerprint density at radius 1 is 1.20 bits per heavy atom. The normalized spacial score (nSPS) is 16.5. The van der Waals surface area contributed by atoms with Crippen molar-refractivity contribution in [2.24, 2.45) is 0 Å². The predicted molar refractivity (Wildman–Crippen MR) is 114 cm³/mol. The number of rotatable bonds is 9. The Balaban J connectivity index is 1.75. The average Bonchev–Trinajstić information content (AvgIpc) is 3.06. The predicted octanol–water partition coefficient (Wildman–Crippen LogP) is 2.28. The van der Waals surface area contributed by atoms with Crippen molar-refractivity contribution in [1.82, 2.24) is 19.8 Å². The number of hydrogen-bond acceptors (Lipinski definition) is 6. The summed E-state index contributed by atoms with van der Waals surface area (Å²) in [5.74, 6) is 1.45. The summed E-state index contributed by atoms with van der Waals surface area (Å²) in [5, 5.41) is 0. The highest BCUT2D eigenvalue weighted by molar-refractivity contribution is 5.79. The fraction of sp³-hybridized carbons (Fsp3) is 0.500. The van der Waals surface area contributed by atoms with Crippen LogP contribution in [-0.4, -0.2) is 73.6 Å². The minimum atomic E-state index is -0.238. The SMILES string of the molecule is COCCN1C[C@@H](c2cc(N(C)C)nc(CN(C)Cc3cccc(F)c3)n2)CC1=O. The molecule has 1 aromatic heterocycles. The Bertz CT molecular complexity index is 876. The van der Waals surface area contributed by atoms with Gasteiger partial charge in [-0.25, -0.2) is 14.4 Å². The summed E-state index contributed by atoms with van der Waals surface area (Å²) in [5.41, 5.74) is 1.78. The van der Waals surface area contributed by atoms with E-state index >= 15 is 0 Å². The molecular formula is C22H30FN5O2. The Hall–Kier alpha value is -2.58. The Labute approximate surface area is 177 Å². The zero-order chi connectivity index (χ0) is 21.7. The van der Waals surface area contributed by atoms with Crippen LogP contribution in [0.3, 0.4) is 0 Å². The number of anilines is 1. The van der Waals surface area contributed by atoms with Gasteiger partial charge in [-0.05, 0) is 24.7 Å². The molecule has 0 radical (unpaired) electrons. The standard InChI is InChI=1S/C22H30FN5O2/c1-26(2)21-12-19(17-11-22(29)28(14-17)8-9-30-4)24-20(25-21)15-27(3)13-16-6-5-7-18(23)10-16/h5-7,10,12,17H,8-9,11,13-15H2,1-4H3/t17-/m0/s1. The molecule has 0 saturated carbocycles. The van der Waals surface area contributed by atoms with Crippen molar-refractivity contribution < 1.29 is 13.9 Å². The zero-order valence-electron chi connectivity index (χ0n) is 18.1. The number of carbonyl (C=O) groups is 1. The molecule has 0 bridgehead atoms. The van der Waals surface area contributed by atoms with Crippen LogP contribution in [-0.2, 0) is 22.6 Å². The molecule has 162 valence electrons. The van der Waals surface area contributed by atoms with E-state index in [1.54, 1.807) is 13.2 Å². The first-order valence-electron chi connectivity index (χ1n) is 10.1. The van der Waals surface area contributed by atoms with E-state index in [0.717, 1.165) is 17.1 Å². The number of methoxy groups -OCH3 is 1. The topological polar surface area (TPSA) is 61.8 Å². The van der Waals surface area contributed by atoms with E-state index in [4.69, 9.17) is 9.72 Å². The van der Waals surface area contributed by atoms with Crippen LogP contribution in [0, 0.1) is 5.82 Å². The van der Waals surface area contributed by atoms with Gasteiger partial charge in [0, 0.05) is 59.2 Å². The third-order valence-corrected chi connectivity index (χ3v) is 5.19. The van der Waals surface area contributed by atoms with E-state index in [2.05, 4.69) is 9.88 Å². The molecule has 1 atom stereocenters. The zero-order valence-corrected chi connectivity index (χ0v) is 18.1. The van der Waals surface area contributed by atoms with E-state index in [-0.39, 0.29) is 17.6 Å². The van der Waals surface area contributed by atoms with E-state index in [0.29, 0.717) is 45.0 Å². The van der Waals surface area contributed by atoms with Crippen LogP contribution in [0.4, 0.5) is 10.2 Å². The molecule has 30 heavy (non-hydrogen) atoms. The molecule has 3 rings (SSSR count). The number of ether oxygens (including phenoxy) is 1. The van der Waals surface area contributed by atoms with Gasteiger partial charge in [0.2, 0.25) is 5.91 Å². The maximum atomic E-state index is 13.5. The Morgan fingerprint density at radius 2 is 2.00 bits per heavy atom. The maximum absolute atomic E-state index is 13.5. The third kappa shape index (κ3) is 5.73. The van der Waals surface area contributed by atoms with Crippen molar-refractivity contribution in [2.45, 2.75) is 25.4 Å². The number of benzene rings is 1. The van der Waals surface area contributed by atoms with Crippen molar-refractivity contribution in [3.63, 3.8) is 0 Å². The quantitative estimate of drug-likeness (QED) is 0.626. The van der Waals surface area contributed by atoms with Gasteiger partial charge < -0.3 is 14.5 Å². The number of likely N-dealkylation sites (tertiary alicyclic amines) is 1. The fourth-order valence-corrected chi connectivity index (χ4v) is 3.64. The molecule has 1 saturated heterocycles. The Morgan fingerprint density at radius 3 is 2.70 bits per heavy atom. The van der Waals surface area contributed by atoms with Gasteiger partial charge in [0.15, 0.2) is 0 Å². The van der Waals surface area contributed by atoms with Crippen LogP contribution >= 0.6 is 0 Å². The van der Waals surface area contributed by atoms with Gasteiger partial charge in [0.25, 0.3) is 0 Å². The molecule has 0 spiro atoms. The molecular weight excluding hydrogens is 385 g/mol. The fourth-order valence-electron chi connectivity index (χ4n) is 3.64. The lowest BCUT2D eigenvalue weighted by atomic mass is 10.0. The minimum Gasteiger partial charge on any atom is -0.383 e. The lowest BCUT2D eigenvalue weighted by Gasteiger charge is -2.20. The Kier molecular flexibility index (Phi) is 7.33. The molecule has 2 aromatic rings. The summed E-state index contributed by atoms with van der Waals surface area (Å²) in [6.45, 7) is 2.89. The molecule has 0 aliphatic carbocycles. The number of amides is 1. The monoisotopic (exact) mass is 415 g/mol. The lowest BCUT2D eigenvalue weighted by Crippen LogP contribution is -2.28. The van der Waals surface area contributed by atoms with Gasteiger partial charge in [0.05, 0.1) is 18.8 Å². The number of aromatic nitrogens is 2. The highest BCUT2D eigenvalue weighted by Gasteiger charge is 2.32. The number of halogens is 1. The van der Waals surface area contributed by atoms with Gasteiger partial charge in [-0.1, -0.05) is 12.1 Å². The van der Waals surface area contributed by atoms with Crippen molar-refractivity contribution in [3.8, 4) is 0 Å². The van der Waals surface area contributed by atoms with Gasteiger partial charge in [0.1, 0.15) is 17.5 Å². The van der Waals surface area contributed by atoms with Gasteiger partial charge in [-0.3, -0.25) is 9.69 Å². The van der Waals surface area contributed by atoms with Crippen molar-refractivity contribution in [1.29, 1.82) is 0 Å². The summed E-state index contributed by atoms with van der Waals surface area (Å²) < 4.78 is 18.6. The molecule has 0 N–H and O–H groups in total. The first-order chi connectivity index (χ1) is 14.4. The van der Waals surface area contributed by atoms with E-state index < -0.39 is 0 Å². The second-order valence-electron chi connectivity index (χ2n) is 8.00. The third-order valence-electron chi connectivity index (χ3n) is 5.19. The average molecular weight is 416 g/mol. The summed E-state index contributed by atoms with van der Waals surface area (Å²) >= 11 is 0. The molecule has 0 unspecified atom stereocenters. The lowest BCUT2D eigenvalue weighted by molar-refractivity contribution is -0.128.